The van der Waals surface area contributed by atoms with E-state index < -0.39 is 0 Å². The average molecular weight is 139 g/mol. The van der Waals surface area contributed by atoms with E-state index in [2.05, 4.69) is 4.98 Å². The zero-order valence-electron chi connectivity index (χ0n) is 6.05. The number of ketones is 1. The lowest BCUT2D eigenvalue weighted by Crippen LogP contribution is -1.94. The van der Waals surface area contributed by atoms with E-state index in [0.717, 1.165) is 12.1 Å². The molecule has 0 bridgehead atoms. The lowest BCUT2D eigenvalue weighted by molar-refractivity contribution is 0.0986. The molecule has 0 spiro atoms. The van der Waals surface area contributed by atoms with Crippen molar-refractivity contribution in [1.29, 1.82) is 0 Å². The Balaban J connectivity index is 3.01. The Labute approximate surface area is 59.1 Å². The largest absolute Gasteiger partial charge is 0.440 e. The maximum atomic E-state index is 10.8. The van der Waals surface area contributed by atoms with E-state index in [9.17, 15) is 4.79 Å². The molecule has 10 heavy (non-hydrogen) atoms. The monoisotopic (exact) mass is 139 g/mol. The van der Waals surface area contributed by atoms with Gasteiger partial charge in [0.25, 0.3) is 0 Å². The predicted molar refractivity (Wildman–Crippen MR) is 35.9 cm³/mol. The number of aryl methyl sites for hydroxylation is 1. The van der Waals surface area contributed by atoms with Gasteiger partial charge in [-0.1, -0.05) is 6.92 Å². The van der Waals surface area contributed by atoms with Crippen molar-refractivity contribution in [2.45, 2.75) is 20.3 Å². The normalized spacial score (nSPS) is 9.80. The Morgan fingerprint density at radius 3 is 2.90 bits per heavy atom. The summed E-state index contributed by atoms with van der Waals surface area (Å²) in [5.41, 5.74) is 0.743. The number of nitrogens with zero attached hydrogens (tertiary/aromatic N) is 1. The summed E-state index contributed by atoms with van der Waals surface area (Å²) < 4.78 is 4.86. The molecule has 0 atom stereocenters. The van der Waals surface area contributed by atoms with Crippen LogP contribution >= 0.6 is 0 Å². The van der Waals surface area contributed by atoms with Crippen molar-refractivity contribution in [3.05, 3.63) is 17.8 Å². The molecule has 1 rings (SSSR count). The van der Waals surface area contributed by atoms with E-state index >= 15 is 0 Å². The molecule has 0 N–H and O–H groups in total. The molecule has 0 fully saturated rings. The zero-order chi connectivity index (χ0) is 7.56. The fourth-order valence-corrected chi connectivity index (χ4v) is 0.807. The summed E-state index contributed by atoms with van der Waals surface area (Å²) in [4.78, 5) is 14.6. The molecule has 1 aromatic rings. The smallest absolute Gasteiger partial charge is 0.196 e. The summed E-state index contributed by atoms with van der Waals surface area (Å²) in [5, 5.41) is 0. The second-order valence-corrected chi connectivity index (χ2v) is 2.04. The number of hydrogen-bond acceptors (Lipinski definition) is 3. The van der Waals surface area contributed by atoms with Crippen molar-refractivity contribution in [3.8, 4) is 0 Å². The van der Waals surface area contributed by atoms with Crippen LogP contribution in [-0.4, -0.2) is 10.8 Å². The Hall–Kier alpha value is -1.12. The molecule has 1 aromatic heterocycles. The highest BCUT2D eigenvalue weighted by Gasteiger charge is 2.09. The fourth-order valence-electron chi connectivity index (χ4n) is 0.807. The summed E-state index contributed by atoms with van der Waals surface area (Å²) in [6.07, 6.45) is 2.04. The Morgan fingerprint density at radius 2 is 2.50 bits per heavy atom. The maximum absolute atomic E-state index is 10.8. The number of rotatable bonds is 2. The highest BCUT2D eigenvalue weighted by molar-refractivity contribution is 5.92. The van der Waals surface area contributed by atoms with E-state index in [1.54, 1.807) is 0 Å². The molecule has 0 aliphatic heterocycles. The number of carbonyl (C=O) groups is 1. The van der Waals surface area contributed by atoms with Gasteiger partial charge in [-0.05, 0) is 6.42 Å². The van der Waals surface area contributed by atoms with Crippen LogP contribution in [0.15, 0.2) is 10.8 Å². The van der Waals surface area contributed by atoms with Crippen molar-refractivity contribution in [3.63, 3.8) is 0 Å². The standard InChI is InChI=1S/C7H9NO2/c1-3-6-7(5(2)9)10-4-8-6/h4H,3H2,1-2H3. The quantitative estimate of drug-likeness (QED) is 0.582. The van der Waals surface area contributed by atoms with Gasteiger partial charge in [-0.3, -0.25) is 4.79 Å². The summed E-state index contributed by atoms with van der Waals surface area (Å²) in [5.74, 6) is 0.330. The molecule has 0 radical (unpaired) electrons. The minimum absolute atomic E-state index is 0.0608. The van der Waals surface area contributed by atoms with Crippen LogP contribution in [0.5, 0.6) is 0 Å². The van der Waals surface area contributed by atoms with Crippen LogP contribution < -0.4 is 0 Å². The number of hydrogen-bond donors (Lipinski definition) is 0. The van der Waals surface area contributed by atoms with Gasteiger partial charge in [0, 0.05) is 6.92 Å². The molecule has 0 aliphatic rings. The molecular formula is C7H9NO2. The van der Waals surface area contributed by atoms with Gasteiger partial charge in [-0.15, -0.1) is 0 Å². The van der Waals surface area contributed by atoms with Crippen molar-refractivity contribution in [1.82, 2.24) is 4.98 Å². The van der Waals surface area contributed by atoms with Crippen LogP contribution in [0.3, 0.4) is 0 Å². The van der Waals surface area contributed by atoms with Crippen LogP contribution in [0, 0.1) is 0 Å². The fraction of sp³-hybridized carbons (Fsp3) is 0.429. The van der Waals surface area contributed by atoms with Crippen LogP contribution in [0.4, 0.5) is 0 Å². The van der Waals surface area contributed by atoms with Gasteiger partial charge in [0.05, 0.1) is 5.69 Å². The van der Waals surface area contributed by atoms with Gasteiger partial charge in [0.1, 0.15) is 0 Å². The number of aromatic nitrogens is 1. The van der Waals surface area contributed by atoms with E-state index in [1.807, 2.05) is 6.92 Å². The van der Waals surface area contributed by atoms with Crippen LogP contribution in [0.1, 0.15) is 30.1 Å². The third kappa shape index (κ3) is 1.07. The minimum atomic E-state index is -0.0608. The SMILES string of the molecule is CCc1ncoc1C(C)=O. The Bertz CT molecular complexity index is 240. The van der Waals surface area contributed by atoms with Crippen LogP contribution in [0.2, 0.25) is 0 Å². The molecule has 0 unspecified atom stereocenters. The Kier molecular flexibility index (Phi) is 1.85. The van der Waals surface area contributed by atoms with E-state index in [1.165, 1.54) is 13.3 Å². The molecule has 0 saturated heterocycles. The van der Waals surface area contributed by atoms with Crippen LogP contribution in [-0.2, 0) is 6.42 Å². The topological polar surface area (TPSA) is 43.1 Å². The number of Topliss-reactive ketones (excluding diaryl/α,β-unsaturated/α-hetero) is 1. The summed E-state index contributed by atoms with van der Waals surface area (Å²) in [6.45, 7) is 3.41. The van der Waals surface area contributed by atoms with Gasteiger partial charge >= 0.3 is 0 Å². The first-order valence-electron chi connectivity index (χ1n) is 3.19. The maximum Gasteiger partial charge on any atom is 0.196 e. The summed E-state index contributed by atoms with van der Waals surface area (Å²) >= 11 is 0. The number of oxazole rings is 1. The first kappa shape index (κ1) is 6.99. The molecule has 0 saturated carbocycles. The molecule has 0 amide bonds. The van der Waals surface area contributed by atoms with E-state index in [0.29, 0.717) is 5.76 Å². The summed E-state index contributed by atoms with van der Waals surface area (Å²) in [7, 11) is 0. The van der Waals surface area contributed by atoms with Crippen molar-refractivity contribution >= 4 is 5.78 Å². The van der Waals surface area contributed by atoms with Crippen LogP contribution in [0.25, 0.3) is 0 Å². The molecule has 54 valence electrons. The minimum Gasteiger partial charge on any atom is -0.440 e. The van der Waals surface area contributed by atoms with E-state index in [-0.39, 0.29) is 5.78 Å². The second-order valence-electron chi connectivity index (χ2n) is 2.04. The van der Waals surface area contributed by atoms with Gasteiger partial charge in [0.15, 0.2) is 17.9 Å². The lowest BCUT2D eigenvalue weighted by Gasteiger charge is -1.89. The van der Waals surface area contributed by atoms with E-state index in [4.69, 9.17) is 4.42 Å². The second kappa shape index (κ2) is 2.64. The van der Waals surface area contributed by atoms with Crippen molar-refractivity contribution in [2.24, 2.45) is 0 Å². The first-order chi connectivity index (χ1) is 4.75. The van der Waals surface area contributed by atoms with Crippen molar-refractivity contribution < 1.29 is 9.21 Å². The highest BCUT2D eigenvalue weighted by Crippen LogP contribution is 2.07. The Morgan fingerprint density at radius 1 is 1.80 bits per heavy atom. The molecule has 0 aliphatic carbocycles. The highest BCUT2D eigenvalue weighted by atomic mass is 16.3. The van der Waals surface area contributed by atoms with Gasteiger partial charge in [0.2, 0.25) is 0 Å². The zero-order valence-corrected chi connectivity index (χ0v) is 6.05. The molecule has 0 aromatic carbocycles. The number of carbonyl (C=O) groups excluding carboxylic acids is 1. The molecular weight excluding hydrogens is 130 g/mol. The third-order valence-electron chi connectivity index (χ3n) is 1.30. The lowest BCUT2D eigenvalue weighted by atomic mass is 10.2. The molecule has 3 heteroatoms. The van der Waals surface area contributed by atoms with Gasteiger partial charge in [-0.25, -0.2) is 4.98 Å². The average Bonchev–Trinajstić information content (AvgIpc) is 2.33. The van der Waals surface area contributed by atoms with Crippen molar-refractivity contribution in [2.75, 3.05) is 0 Å². The summed E-state index contributed by atoms with van der Waals surface area (Å²) in [6, 6.07) is 0. The van der Waals surface area contributed by atoms with Gasteiger partial charge in [-0.2, -0.15) is 0 Å². The first-order valence-corrected chi connectivity index (χ1v) is 3.19. The molecule has 3 nitrogen and oxygen atoms in total. The van der Waals surface area contributed by atoms with Gasteiger partial charge < -0.3 is 4.42 Å². The molecule has 1 heterocycles. The predicted octanol–water partition coefficient (Wildman–Crippen LogP) is 1.44. The third-order valence-corrected chi connectivity index (χ3v) is 1.30.